The molecule has 1 aliphatic carbocycles. The number of hydrogen-bond acceptors (Lipinski definition) is 2. The molecule has 1 aliphatic heterocycles. The summed E-state index contributed by atoms with van der Waals surface area (Å²) in [4.78, 5) is 13.3. The van der Waals surface area contributed by atoms with E-state index in [9.17, 15) is 4.79 Å². The minimum atomic E-state index is -0.0709. The van der Waals surface area contributed by atoms with Crippen molar-refractivity contribution in [2.45, 2.75) is 32.7 Å². The number of carbonyl (C=O) groups is 1. The monoisotopic (exact) mass is 353 g/mol. The Balaban J connectivity index is 1.82. The van der Waals surface area contributed by atoms with Crippen LogP contribution in [0.2, 0.25) is 0 Å². The van der Waals surface area contributed by atoms with Crippen molar-refractivity contribution in [2.24, 2.45) is 5.41 Å². The third-order valence-corrected chi connectivity index (χ3v) is 5.87. The van der Waals surface area contributed by atoms with Gasteiger partial charge in [0.15, 0.2) is 5.78 Å². The molecular weight excluding hydrogens is 330 g/mol. The van der Waals surface area contributed by atoms with Crippen LogP contribution in [0.1, 0.15) is 43.9 Å². The highest BCUT2D eigenvalue weighted by atomic mass is 16.1. The van der Waals surface area contributed by atoms with Crippen molar-refractivity contribution in [3.8, 4) is 0 Å². The molecule has 2 heteroatoms. The highest BCUT2D eigenvalue weighted by Gasteiger charge is 2.40. The van der Waals surface area contributed by atoms with Gasteiger partial charge in [-0.05, 0) is 39.8 Å². The Morgan fingerprint density at radius 2 is 1.63 bits per heavy atom. The van der Waals surface area contributed by atoms with Crippen LogP contribution in [-0.4, -0.2) is 5.78 Å². The predicted molar refractivity (Wildman–Crippen MR) is 112 cm³/mol. The lowest BCUT2D eigenvalue weighted by Crippen LogP contribution is -2.33. The van der Waals surface area contributed by atoms with Gasteiger partial charge in [0, 0.05) is 23.2 Å². The van der Waals surface area contributed by atoms with Crippen LogP contribution in [0, 0.1) is 5.41 Å². The van der Waals surface area contributed by atoms with Gasteiger partial charge in [-0.25, -0.2) is 0 Å². The van der Waals surface area contributed by atoms with E-state index < -0.39 is 0 Å². The number of anilines is 1. The quantitative estimate of drug-likeness (QED) is 0.568. The van der Waals surface area contributed by atoms with Gasteiger partial charge in [-0.15, -0.1) is 0 Å². The van der Waals surface area contributed by atoms with Crippen LogP contribution in [0.25, 0.3) is 16.3 Å². The number of rotatable bonds is 1. The van der Waals surface area contributed by atoms with E-state index >= 15 is 0 Å². The molecule has 0 fully saturated rings. The first-order valence-corrected chi connectivity index (χ1v) is 9.63. The first-order chi connectivity index (χ1) is 13.0. The third kappa shape index (κ3) is 2.59. The summed E-state index contributed by atoms with van der Waals surface area (Å²) in [7, 11) is 0. The van der Waals surface area contributed by atoms with Gasteiger partial charge in [-0.2, -0.15) is 0 Å². The van der Waals surface area contributed by atoms with Crippen LogP contribution in [-0.2, 0) is 4.79 Å². The number of Topliss-reactive ketones (excluding diaryl/α,β-unsaturated/α-hetero) is 1. The topological polar surface area (TPSA) is 29.1 Å². The molecule has 1 atom stereocenters. The Hall–Kier alpha value is -2.87. The van der Waals surface area contributed by atoms with Gasteiger partial charge in [0.2, 0.25) is 0 Å². The van der Waals surface area contributed by atoms with Gasteiger partial charge in [-0.1, -0.05) is 74.5 Å². The first-order valence-electron chi connectivity index (χ1n) is 9.63. The molecule has 1 heterocycles. The molecule has 3 aromatic carbocycles. The molecule has 3 aromatic rings. The SMILES string of the molecule is CC1(C)CC(=O)C2=C(C1)c1c(ccc3ccccc13)N[C@H]2c1ccccc1. The van der Waals surface area contributed by atoms with Gasteiger partial charge >= 0.3 is 0 Å². The maximum absolute atomic E-state index is 13.3. The lowest BCUT2D eigenvalue weighted by Gasteiger charge is -2.40. The van der Waals surface area contributed by atoms with E-state index in [1.54, 1.807) is 0 Å². The summed E-state index contributed by atoms with van der Waals surface area (Å²) < 4.78 is 0. The van der Waals surface area contributed by atoms with Gasteiger partial charge in [-0.3, -0.25) is 4.79 Å². The lowest BCUT2D eigenvalue weighted by atomic mass is 9.68. The molecule has 5 rings (SSSR count). The molecule has 2 nitrogen and oxygen atoms in total. The van der Waals surface area contributed by atoms with Crippen LogP contribution < -0.4 is 5.32 Å². The van der Waals surface area contributed by atoms with Crippen molar-refractivity contribution in [1.82, 2.24) is 0 Å². The van der Waals surface area contributed by atoms with E-state index in [1.165, 1.54) is 21.9 Å². The van der Waals surface area contributed by atoms with E-state index in [0.717, 1.165) is 23.2 Å². The van der Waals surface area contributed by atoms with E-state index in [4.69, 9.17) is 0 Å². The number of carbonyl (C=O) groups excluding carboxylic acids is 1. The fraction of sp³-hybridized carbons (Fsp3) is 0.240. The maximum Gasteiger partial charge on any atom is 0.162 e. The molecule has 0 bridgehead atoms. The normalized spacial score (nSPS) is 20.8. The summed E-state index contributed by atoms with van der Waals surface area (Å²) in [6.07, 6.45) is 1.54. The number of fused-ring (bicyclic) bond motifs is 4. The number of benzene rings is 3. The molecule has 0 amide bonds. The summed E-state index contributed by atoms with van der Waals surface area (Å²) in [5.41, 5.74) is 5.68. The summed E-state index contributed by atoms with van der Waals surface area (Å²) >= 11 is 0. The summed E-state index contributed by atoms with van der Waals surface area (Å²) in [6, 6.07) is 23.1. The number of allylic oxidation sites excluding steroid dienone is 1. The molecular formula is C25H23NO. The molecule has 0 saturated heterocycles. The highest BCUT2D eigenvalue weighted by Crippen LogP contribution is 2.51. The fourth-order valence-corrected chi connectivity index (χ4v) is 4.73. The molecule has 134 valence electrons. The Morgan fingerprint density at radius 1 is 0.889 bits per heavy atom. The van der Waals surface area contributed by atoms with Gasteiger partial charge in [0.05, 0.1) is 6.04 Å². The summed E-state index contributed by atoms with van der Waals surface area (Å²) in [5, 5.41) is 6.13. The summed E-state index contributed by atoms with van der Waals surface area (Å²) in [6.45, 7) is 4.41. The second kappa shape index (κ2) is 5.82. The largest absolute Gasteiger partial charge is 0.373 e. The maximum atomic E-state index is 13.3. The van der Waals surface area contributed by atoms with Gasteiger partial charge < -0.3 is 5.32 Å². The Bertz CT molecular complexity index is 1090. The molecule has 2 aliphatic rings. The van der Waals surface area contributed by atoms with Crippen molar-refractivity contribution < 1.29 is 4.79 Å². The first kappa shape index (κ1) is 16.3. The van der Waals surface area contributed by atoms with Crippen LogP contribution in [0.4, 0.5) is 5.69 Å². The molecule has 0 saturated carbocycles. The van der Waals surface area contributed by atoms with Crippen LogP contribution in [0.5, 0.6) is 0 Å². The molecule has 27 heavy (non-hydrogen) atoms. The standard InChI is InChI=1S/C25H23NO/c1-25(2)14-19-22-18-11-7-6-8-16(18)12-13-20(22)26-24(23(19)21(27)15-25)17-9-4-3-5-10-17/h3-13,24,26H,14-15H2,1-2H3/t24-/m0/s1. The Kier molecular flexibility index (Phi) is 3.51. The zero-order chi connectivity index (χ0) is 18.6. The molecule has 0 spiro atoms. The van der Waals surface area contributed by atoms with Gasteiger partial charge in [0.1, 0.15) is 0 Å². The number of nitrogens with one attached hydrogen (secondary N) is 1. The number of hydrogen-bond donors (Lipinski definition) is 1. The minimum Gasteiger partial charge on any atom is -0.373 e. The van der Waals surface area contributed by atoms with Crippen molar-refractivity contribution >= 4 is 27.8 Å². The van der Waals surface area contributed by atoms with E-state index in [1.807, 2.05) is 18.2 Å². The molecule has 0 unspecified atom stereocenters. The fourth-order valence-electron chi connectivity index (χ4n) is 4.73. The van der Waals surface area contributed by atoms with Gasteiger partial charge in [0.25, 0.3) is 0 Å². The van der Waals surface area contributed by atoms with E-state index in [0.29, 0.717) is 6.42 Å². The smallest absolute Gasteiger partial charge is 0.162 e. The average molecular weight is 353 g/mol. The van der Waals surface area contributed by atoms with Crippen LogP contribution in [0.3, 0.4) is 0 Å². The molecule has 0 aromatic heterocycles. The molecule has 0 radical (unpaired) electrons. The van der Waals surface area contributed by atoms with Crippen LogP contribution in [0.15, 0.2) is 72.3 Å². The highest BCUT2D eigenvalue weighted by molar-refractivity contribution is 6.12. The lowest BCUT2D eigenvalue weighted by molar-refractivity contribution is -0.118. The Morgan fingerprint density at radius 3 is 2.44 bits per heavy atom. The zero-order valence-electron chi connectivity index (χ0n) is 15.8. The van der Waals surface area contributed by atoms with E-state index in [2.05, 4.69) is 67.7 Å². The van der Waals surface area contributed by atoms with Crippen molar-refractivity contribution in [1.29, 1.82) is 0 Å². The Labute approximate surface area is 159 Å². The minimum absolute atomic E-state index is 0.0112. The third-order valence-electron chi connectivity index (χ3n) is 5.87. The average Bonchev–Trinajstić information content (AvgIpc) is 2.66. The second-order valence-corrected chi connectivity index (χ2v) is 8.53. The van der Waals surface area contributed by atoms with Crippen LogP contribution >= 0.6 is 0 Å². The zero-order valence-corrected chi connectivity index (χ0v) is 15.8. The number of ketones is 1. The summed E-state index contributed by atoms with van der Waals surface area (Å²) in [5.74, 6) is 0.279. The van der Waals surface area contributed by atoms with Crippen molar-refractivity contribution in [2.75, 3.05) is 5.32 Å². The van der Waals surface area contributed by atoms with Crippen molar-refractivity contribution in [3.63, 3.8) is 0 Å². The van der Waals surface area contributed by atoms with Crippen molar-refractivity contribution in [3.05, 3.63) is 83.4 Å². The molecule has 1 N–H and O–H groups in total. The second-order valence-electron chi connectivity index (χ2n) is 8.53. The predicted octanol–water partition coefficient (Wildman–Crippen LogP) is 6.15. The van der Waals surface area contributed by atoms with E-state index in [-0.39, 0.29) is 17.2 Å².